The molecule has 1 N–H and O–H groups in total. The minimum absolute atomic E-state index is 0.135. The maximum Gasteiger partial charge on any atom is 0.221 e. The van der Waals surface area contributed by atoms with Crippen LogP contribution in [0.25, 0.3) is 0 Å². The summed E-state index contributed by atoms with van der Waals surface area (Å²) in [6.07, 6.45) is 1.66. The Balaban J connectivity index is 1.97. The van der Waals surface area contributed by atoms with E-state index in [9.17, 15) is 9.18 Å². The molecule has 0 spiro atoms. The van der Waals surface area contributed by atoms with E-state index in [1.54, 1.807) is 0 Å². The van der Waals surface area contributed by atoms with E-state index in [-0.39, 0.29) is 11.7 Å². The Bertz CT molecular complexity index is 532. The van der Waals surface area contributed by atoms with Gasteiger partial charge in [0.2, 0.25) is 5.91 Å². The first kappa shape index (κ1) is 19.9. The van der Waals surface area contributed by atoms with Crippen molar-refractivity contribution in [3.63, 3.8) is 0 Å². The lowest BCUT2D eigenvalue weighted by Gasteiger charge is -2.34. The Hall–Kier alpha value is -1.46. The van der Waals surface area contributed by atoms with Crippen LogP contribution in [0, 0.1) is 11.7 Å². The average molecular weight is 349 g/mol. The molecule has 1 aromatic carbocycles. The molecule has 1 aromatic rings. The van der Waals surface area contributed by atoms with Crippen molar-refractivity contribution in [3.05, 3.63) is 35.6 Å². The third-order valence-electron chi connectivity index (χ3n) is 4.93. The molecule has 0 aromatic heterocycles. The highest BCUT2D eigenvalue weighted by Gasteiger charge is 2.27. The van der Waals surface area contributed by atoms with Crippen LogP contribution in [0.4, 0.5) is 4.39 Å². The second-order valence-corrected chi connectivity index (χ2v) is 7.27. The summed E-state index contributed by atoms with van der Waals surface area (Å²) in [7, 11) is 0. The Kier molecular flexibility index (Phi) is 7.85. The number of carbonyl (C=O) groups excluding carboxylic acids is 1. The molecular formula is C20H32FN3O. The van der Waals surface area contributed by atoms with E-state index in [4.69, 9.17) is 0 Å². The van der Waals surface area contributed by atoms with E-state index in [1.807, 2.05) is 19.1 Å². The topological polar surface area (TPSA) is 35.6 Å². The Morgan fingerprint density at radius 1 is 1.28 bits per heavy atom. The fourth-order valence-electron chi connectivity index (χ4n) is 3.54. The number of nitrogens with zero attached hydrogens (tertiary/aromatic N) is 2. The number of hydrogen-bond acceptors (Lipinski definition) is 3. The summed E-state index contributed by atoms with van der Waals surface area (Å²) in [5, 5.41) is 2.87. The van der Waals surface area contributed by atoms with Crippen LogP contribution >= 0.6 is 0 Å². The lowest BCUT2D eigenvalue weighted by molar-refractivity contribution is -0.121. The predicted molar refractivity (Wildman–Crippen MR) is 99.8 cm³/mol. The molecule has 25 heavy (non-hydrogen) atoms. The van der Waals surface area contributed by atoms with E-state index < -0.39 is 0 Å². The van der Waals surface area contributed by atoms with Crippen LogP contribution in [-0.4, -0.2) is 54.5 Å². The fourth-order valence-corrected chi connectivity index (χ4v) is 3.54. The Labute approximate surface area is 151 Å². The van der Waals surface area contributed by atoms with Gasteiger partial charge in [-0.1, -0.05) is 26.0 Å². The van der Waals surface area contributed by atoms with E-state index in [1.165, 1.54) is 12.1 Å². The second-order valence-electron chi connectivity index (χ2n) is 7.27. The summed E-state index contributed by atoms with van der Waals surface area (Å²) in [6, 6.07) is 7.28. The molecule has 1 aliphatic rings. The third kappa shape index (κ3) is 6.40. The quantitative estimate of drug-likeness (QED) is 0.822. The second kappa shape index (κ2) is 9.88. The molecule has 1 aliphatic heterocycles. The zero-order valence-electron chi connectivity index (χ0n) is 15.8. The fraction of sp³-hybridized carbons (Fsp3) is 0.650. The molecule has 0 saturated carbocycles. The molecule has 1 amide bonds. The summed E-state index contributed by atoms with van der Waals surface area (Å²) < 4.78 is 13.1. The number of nitrogens with one attached hydrogen (secondary N) is 1. The number of amides is 1. The van der Waals surface area contributed by atoms with Crippen molar-refractivity contribution in [2.45, 2.75) is 46.2 Å². The first-order chi connectivity index (χ1) is 12.0. The molecule has 1 atom stereocenters. The van der Waals surface area contributed by atoms with Crippen molar-refractivity contribution < 1.29 is 9.18 Å². The Morgan fingerprint density at radius 2 is 2.00 bits per heavy atom. The average Bonchev–Trinajstić information content (AvgIpc) is 2.78. The van der Waals surface area contributed by atoms with Gasteiger partial charge in [-0.25, -0.2) is 4.39 Å². The highest BCUT2D eigenvalue weighted by atomic mass is 19.1. The molecule has 4 nitrogen and oxygen atoms in total. The van der Waals surface area contributed by atoms with Gasteiger partial charge in [0.15, 0.2) is 0 Å². The van der Waals surface area contributed by atoms with Gasteiger partial charge in [-0.3, -0.25) is 9.69 Å². The molecule has 0 bridgehead atoms. The van der Waals surface area contributed by atoms with Crippen molar-refractivity contribution in [2.75, 3.05) is 32.7 Å². The van der Waals surface area contributed by atoms with Gasteiger partial charge in [0.25, 0.3) is 0 Å². The first-order valence-electron chi connectivity index (χ1n) is 9.47. The number of rotatable bonds is 7. The van der Waals surface area contributed by atoms with Crippen LogP contribution in [0.3, 0.4) is 0 Å². The zero-order chi connectivity index (χ0) is 18.2. The van der Waals surface area contributed by atoms with Gasteiger partial charge in [-0.2, -0.15) is 0 Å². The van der Waals surface area contributed by atoms with Crippen LogP contribution in [0.1, 0.15) is 39.2 Å². The summed E-state index contributed by atoms with van der Waals surface area (Å²) >= 11 is 0. The van der Waals surface area contributed by atoms with E-state index in [2.05, 4.69) is 29.0 Å². The van der Waals surface area contributed by atoms with Gasteiger partial charge in [0.1, 0.15) is 5.82 Å². The van der Waals surface area contributed by atoms with Crippen molar-refractivity contribution in [1.29, 1.82) is 0 Å². The summed E-state index contributed by atoms with van der Waals surface area (Å²) in [6.45, 7) is 11.9. The van der Waals surface area contributed by atoms with Crippen LogP contribution in [0.2, 0.25) is 0 Å². The summed E-state index contributed by atoms with van der Waals surface area (Å²) in [4.78, 5) is 16.7. The van der Waals surface area contributed by atoms with Crippen LogP contribution < -0.4 is 5.32 Å². The van der Waals surface area contributed by atoms with Crippen LogP contribution in [0.5, 0.6) is 0 Å². The molecule has 1 heterocycles. The molecular weight excluding hydrogens is 317 g/mol. The monoisotopic (exact) mass is 349 g/mol. The molecule has 0 aliphatic carbocycles. The molecule has 140 valence electrons. The Morgan fingerprint density at radius 3 is 2.64 bits per heavy atom. The van der Waals surface area contributed by atoms with Gasteiger partial charge in [-0.15, -0.1) is 0 Å². The molecule has 0 unspecified atom stereocenters. The van der Waals surface area contributed by atoms with Crippen molar-refractivity contribution in [2.24, 2.45) is 5.92 Å². The maximum absolute atomic E-state index is 13.1. The number of hydrogen-bond donors (Lipinski definition) is 1. The van der Waals surface area contributed by atoms with Crippen LogP contribution in [-0.2, 0) is 11.3 Å². The van der Waals surface area contributed by atoms with Crippen molar-refractivity contribution in [3.8, 4) is 0 Å². The standard InChI is InChI=1S/C20H32FN3O/c1-4-22-20(25)10-13-23-11-5-12-24(19(15-23)16(2)3)14-17-6-8-18(21)9-7-17/h6-9,16,19H,4-5,10-15H2,1-3H3,(H,22,25)/t19-/m0/s1. The predicted octanol–water partition coefficient (Wildman–Crippen LogP) is 2.88. The summed E-state index contributed by atoms with van der Waals surface area (Å²) in [5.41, 5.74) is 1.16. The molecule has 1 saturated heterocycles. The smallest absolute Gasteiger partial charge is 0.221 e. The van der Waals surface area contributed by atoms with E-state index in [0.29, 0.717) is 24.9 Å². The molecule has 2 rings (SSSR count). The van der Waals surface area contributed by atoms with Crippen molar-refractivity contribution >= 4 is 5.91 Å². The van der Waals surface area contributed by atoms with E-state index >= 15 is 0 Å². The molecule has 1 fully saturated rings. The highest BCUT2D eigenvalue weighted by molar-refractivity contribution is 5.75. The maximum atomic E-state index is 13.1. The van der Waals surface area contributed by atoms with Gasteiger partial charge in [-0.05, 0) is 43.5 Å². The lowest BCUT2D eigenvalue weighted by Crippen LogP contribution is -2.44. The number of benzene rings is 1. The SMILES string of the molecule is CCNC(=O)CCN1CCCN(Cc2ccc(F)cc2)[C@H](C(C)C)C1. The lowest BCUT2D eigenvalue weighted by atomic mass is 10.0. The number of carbonyl (C=O) groups is 1. The third-order valence-corrected chi connectivity index (χ3v) is 4.93. The zero-order valence-corrected chi connectivity index (χ0v) is 15.8. The van der Waals surface area contributed by atoms with Crippen molar-refractivity contribution in [1.82, 2.24) is 15.1 Å². The minimum Gasteiger partial charge on any atom is -0.356 e. The molecule has 0 radical (unpaired) electrons. The van der Waals surface area contributed by atoms with Gasteiger partial charge >= 0.3 is 0 Å². The minimum atomic E-state index is -0.184. The summed E-state index contributed by atoms with van der Waals surface area (Å²) in [5.74, 6) is 0.484. The van der Waals surface area contributed by atoms with Gasteiger partial charge < -0.3 is 10.2 Å². The van der Waals surface area contributed by atoms with Crippen LogP contribution in [0.15, 0.2) is 24.3 Å². The number of halogens is 1. The first-order valence-corrected chi connectivity index (χ1v) is 9.47. The van der Waals surface area contributed by atoms with Gasteiger partial charge in [0.05, 0.1) is 0 Å². The highest BCUT2D eigenvalue weighted by Crippen LogP contribution is 2.20. The largest absolute Gasteiger partial charge is 0.356 e. The molecule has 5 heteroatoms. The normalized spacial score (nSPS) is 19.8. The van der Waals surface area contributed by atoms with E-state index in [0.717, 1.165) is 44.7 Å². The van der Waals surface area contributed by atoms with Gasteiger partial charge in [0, 0.05) is 45.2 Å².